The lowest BCUT2D eigenvalue weighted by Gasteiger charge is -2.09. The number of rotatable bonds is 7. The average molecular weight is 293 g/mol. The molecule has 2 aromatic carbocycles. The van der Waals surface area contributed by atoms with Crippen molar-refractivity contribution in [3.8, 4) is 17.2 Å². The summed E-state index contributed by atoms with van der Waals surface area (Å²) < 4.78 is 16.3. The molecule has 0 aliphatic rings. The first kappa shape index (κ1) is 14.5. The number of hydrogen-bond donors (Lipinski definition) is 0. The molecule has 0 spiro atoms. The largest absolute Gasteiger partial charge is 0.497 e. The van der Waals surface area contributed by atoms with Gasteiger partial charge in [0.25, 0.3) is 0 Å². The zero-order valence-corrected chi connectivity index (χ0v) is 12.1. The van der Waals surface area contributed by atoms with E-state index in [4.69, 9.17) is 25.8 Å². The fraction of sp³-hybridized carbons (Fsp3) is 0.250. The van der Waals surface area contributed by atoms with Crippen LogP contribution in [-0.4, -0.2) is 20.3 Å². The van der Waals surface area contributed by atoms with Gasteiger partial charge in [-0.25, -0.2) is 0 Å². The summed E-state index contributed by atoms with van der Waals surface area (Å²) in [5, 5.41) is 0.676. The van der Waals surface area contributed by atoms with Crippen LogP contribution < -0.4 is 14.2 Å². The molecule has 0 fully saturated rings. The molecule has 0 saturated heterocycles. The maximum Gasteiger partial charge on any atom is 0.122 e. The Morgan fingerprint density at radius 2 is 1.45 bits per heavy atom. The fourth-order valence-corrected chi connectivity index (χ4v) is 1.87. The first-order valence-electron chi connectivity index (χ1n) is 6.43. The molecule has 0 aliphatic carbocycles. The molecule has 0 unspecified atom stereocenters. The first-order chi connectivity index (χ1) is 9.78. The van der Waals surface area contributed by atoms with Crippen molar-refractivity contribution in [3.05, 3.63) is 53.6 Å². The third-order valence-electron chi connectivity index (χ3n) is 2.66. The summed E-state index contributed by atoms with van der Waals surface area (Å²) >= 11 is 5.88. The molecule has 0 N–H and O–H groups in total. The molecule has 2 rings (SSSR count). The van der Waals surface area contributed by atoms with E-state index in [9.17, 15) is 0 Å². The van der Waals surface area contributed by atoms with Gasteiger partial charge in [0.2, 0.25) is 0 Å². The van der Waals surface area contributed by atoms with E-state index in [-0.39, 0.29) is 0 Å². The number of benzene rings is 2. The standard InChI is InChI=1S/C16H17ClO3/c1-18-14-6-3-8-16(12-14)20-10-4-9-19-15-7-2-5-13(17)11-15/h2-3,5-8,11-12H,4,9-10H2,1H3. The normalized spacial score (nSPS) is 10.1. The molecule has 0 heterocycles. The van der Waals surface area contributed by atoms with Crippen LogP contribution in [0.1, 0.15) is 6.42 Å². The second kappa shape index (κ2) is 7.65. The Morgan fingerprint density at radius 3 is 2.10 bits per heavy atom. The third-order valence-corrected chi connectivity index (χ3v) is 2.90. The molecule has 0 saturated carbocycles. The van der Waals surface area contributed by atoms with Crippen LogP contribution in [0.25, 0.3) is 0 Å². The summed E-state index contributed by atoms with van der Waals surface area (Å²) in [6, 6.07) is 14.9. The molecule has 2 aromatic rings. The van der Waals surface area contributed by atoms with E-state index >= 15 is 0 Å². The summed E-state index contributed by atoms with van der Waals surface area (Å²) in [6.07, 6.45) is 0.795. The maximum atomic E-state index is 5.88. The minimum atomic E-state index is 0.588. The molecule has 0 amide bonds. The zero-order valence-electron chi connectivity index (χ0n) is 11.3. The van der Waals surface area contributed by atoms with Crippen molar-refractivity contribution in [1.29, 1.82) is 0 Å². The van der Waals surface area contributed by atoms with Crippen LogP contribution in [0.2, 0.25) is 5.02 Å². The maximum absolute atomic E-state index is 5.88. The van der Waals surface area contributed by atoms with E-state index < -0.39 is 0 Å². The number of halogens is 1. The van der Waals surface area contributed by atoms with Crippen molar-refractivity contribution >= 4 is 11.6 Å². The number of methoxy groups -OCH3 is 1. The van der Waals surface area contributed by atoms with Crippen molar-refractivity contribution in [2.24, 2.45) is 0 Å². The Bertz CT molecular complexity index is 543. The van der Waals surface area contributed by atoms with Crippen LogP contribution in [0.5, 0.6) is 17.2 Å². The Labute approximate surface area is 124 Å². The smallest absolute Gasteiger partial charge is 0.122 e. The van der Waals surface area contributed by atoms with Gasteiger partial charge in [-0.2, -0.15) is 0 Å². The second-order valence-electron chi connectivity index (χ2n) is 4.19. The van der Waals surface area contributed by atoms with Crippen LogP contribution in [0.4, 0.5) is 0 Å². The fourth-order valence-electron chi connectivity index (χ4n) is 1.69. The third kappa shape index (κ3) is 4.67. The van der Waals surface area contributed by atoms with Crippen molar-refractivity contribution in [1.82, 2.24) is 0 Å². The Balaban J connectivity index is 1.68. The summed E-state index contributed by atoms with van der Waals surface area (Å²) in [6.45, 7) is 1.18. The second-order valence-corrected chi connectivity index (χ2v) is 4.62. The Morgan fingerprint density at radius 1 is 0.850 bits per heavy atom. The first-order valence-corrected chi connectivity index (χ1v) is 6.81. The molecule has 0 aromatic heterocycles. The van der Waals surface area contributed by atoms with Crippen LogP contribution in [0.15, 0.2) is 48.5 Å². The summed E-state index contributed by atoms with van der Waals surface area (Å²) in [7, 11) is 1.64. The molecular formula is C16H17ClO3. The highest BCUT2D eigenvalue weighted by molar-refractivity contribution is 6.30. The molecule has 0 bridgehead atoms. The summed E-state index contributed by atoms with van der Waals surface area (Å²) in [5.74, 6) is 2.36. The van der Waals surface area contributed by atoms with E-state index in [0.29, 0.717) is 18.2 Å². The molecule has 0 radical (unpaired) electrons. The van der Waals surface area contributed by atoms with Gasteiger partial charge in [0.1, 0.15) is 17.2 Å². The predicted molar refractivity (Wildman–Crippen MR) is 80.1 cm³/mol. The van der Waals surface area contributed by atoms with Crippen molar-refractivity contribution in [3.63, 3.8) is 0 Å². The average Bonchev–Trinajstić information content (AvgIpc) is 2.47. The van der Waals surface area contributed by atoms with E-state index in [2.05, 4.69) is 0 Å². The monoisotopic (exact) mass is 292 g/mol. The Hall–Kier alpha value is -1.87. The van der Waals surface area contributed by atoms with Gasteiger partial charge in [0.15, 0.2) is 0 Å². The van der Waals surface area contributed by atoms with Gasteiger partial charge in [0, 0.05) is 17.5 Å². The van der Waals surface area contributed by atoms with Crippen LogP contribution >= 0.6 is 11.6 Å². The minimum Gasteiger partial charge on any atom is -0.497 e. The van der Waals surface area contributed by atoms with Crippen molar-refractivity contribution < 1.29 is 14.2 Å². The van der Waals surface area contributed by atoms with Crippen LogP contribution in [0.3, 0.4) is 0 Å². The lowest BCUT2D eigenvalue weighted by molar-refractivity contribution is 0.247. The quantitative estimate of drug-likeness (QED) is 0.716. The van der Waals surface area contributed by atoms with Crippen LogP contribution in [-0.2, 0) is 0 Å². The van der Waals surface area contributed by atoms with E-state index in [1.54, 1.807) is 13.2 Å². The topological polar surface area (TPSA) is 27.7 Å². The molecular weight excluding hydrogens is 276 g/mol. The Kier molecular flexibility index (Phi) is 5.56. The van der Waals surface area contributed by atoms with Gasteiger partial charge >= 0.3 is 0 Å². The van der Waals surface area contributed by atoms with E-state index in [1.165, 1.54) is 0 Å². The highest BCUT2D eigenvalue weighted by Gasteiger charge is 1.98. The predicted octanol–water partition coefficient (Wildman–Crippen LogP) is 4.20. The molecule has 20 heavy (non-hydrogen) atoms. The highest BCUT2D eigenvalue weighted by Crippen LogP contribution is 2.19. The lowest BCUT2D eigenvalue weighted by atomic mass is 10.3. The highest BCUT2D eigenvalue weighted by atomic mass is 35.5. The summed E-state index contributed by atoms with van der Waals surface area (Å²) in [5.41, 5.74) is 0. The zero-order chi connectivity index (χ0) is 14.2. The van der Waals surface area contributed by atoms with Gasteiger partial charge < -0.3 is 14.2 Å². The van der Waals surface area contributed by atoms with Crippen molar-refractivity contribution in [2.75, 3.05) is 20.3 Å². The molecule has 0 aliphatic heterocycles. The van der Waals surface area contributed by atoms with Gasteiger partial charge in [-0.05, 0) is 30.3 Å². The molecule has 0 atom stereocenters. The molecule has 106 valence electrons. The SMILES string of the molecule is COc1cccc(OCCCOc2cccc(Cl)c2)c1. The molecule has 4 heteroatoms. The van der Waals surface area contributed by atoms with Crippen LogP contribution in [0, 0.1) is 0 Å². The summed E-state index contributed by atoms with van der Waals surface area (Å²) in [4.78, 5) is 0. The lowest BCUT2D eigenvalue weighted by Crippen LogP contribution is -2.05. The number of ether oxygens (including phenoxy) is 3. The van der Waals surface area contributed by atoms with Crippen molar-refractivity contribution in [2.45, 2.75) is 6.42 Å². The van der Waals surface area contributed by atoms with E-state index in [1.807, 2.05) is 42.5 Å². The van der Waals surface area contributed by atoms with Gasteiger partial charge in [-0.15, -0.1) is 0 Å². The van der Waals surface area contributed by atoms with Gasteiger partial charge in [-0.1, -0.05) is 23.7 Å². The molecule has 3 nitrogen and oxygen atoms in total. The minimum absolute atomic E-state index is 0.588. The van der Waals surface area contributed by atoms with E-state index in [0.717, 1.165) is 23.7 Å². The van der Waals surface area contributed by atoms with Gasteiger partial charge in [0.05, 0.1) is 20.3 Å². The van der Waals surface area contributed by atoms with Gasteiger partial charge in [-0.3, -0.25) is 0 Å². The number of hydrogen-bond acceptors (Lipinski definition) is 3.